The van der Waals surface area contributed by atoms with E-state index in [-0.39, 0.29) is 11.9 Å². The standard InChI is InChI=1S/C17H17Cl2NO2/c18-13-6-4-12(5-7-13)17-11-20(8-9-22-17)10-14-15(19)2-1-3-16(14)21/h1-7,17,21H,8-11H2/t17-/m0/s1. The molecule has 2 aromatic carbocycles. The number of hydrogen-bond donors (Lipinski definition) is 1. The molecular formula is C17H17Cl2NO2. The highest BCUT2D eigenvalue weighted by atomic mass is 35.5. The van der Waals surface area contributed by atoms with Crippen LogP contribution in [0.2, 0.25) is 10.0 Å². The first kappa shape index (κ1) is 15.6. The molecule has 0 aliphatic carbocycles. The summed E-state index contributed by atoms with van der Waals surface area (Å²) in [5, 5.41) is 11.3. The zero-order chi connectivity index (χ0) is 15.5. The van der Waals surface area contributed by atoms with E-state index < -0.39 is 0 Å². The molecular weight excluding hydrogens is 321 g/mol. The van der Waals surface area contributed by atoms with Crippen molar-refractivity contribution in [2.24, 2.45) is 0 Å². The van der Waals surface area contributed by atoms with Gasteiger partial charge in [0.1, 0.15) is 5.75 Å². The Hall–Kier alpha value is -1.26. The highest BCUT2D eigenvalue weighted by molar-refractivity contribution is 6.31. The summed E-state index contributed by atoms with van der Waals surface area (Å²) in [7, 11) is 0. The molecule has 1 N–H and O–H groups in total. The van der Waals surface area contributed by atoms with Crippen molar-refractivity contribution in [3.05, 3.63) is 63.6 Å². The molecule has 1 saturated heterocycles. The molecule has 22 heavy (non-hydrogen) atoms. The summed E-state index contributed by atoms with van der Waals surface area (Å²) in [6, 6.07) is 12.9. The minimum Gasteiger partial charge on any atom is -0.508 e. The number of phenols is 1. The van der Waals surface area contributed by atoms with Gasteiger partial charge in [-0.1, -0.05) is 41.4 Å². The van der Waals surface area contributed by atoms with Gasteiger partial charge in [0.2, 0.25) is 0 Å². The Labute approximate surface area is 140 Å². The Balaban J connectivity index is 1.72. The van der Waals surface area contributed by atoms with Gasteiger partial charge in [0.05, 0.1) is 12.7 Å². The maximum atomic E-state index is 9.98. The van der Waals surface area contributed by atoms with Crippen LogP contribution in [-0.4, -0.2) is 29.7 Å². The van der Waals surface area contributed by atoms with Gasteiger partial charge in [0.15, 0.2) is 0 Å². The van der Waals surface area contributed by atoms with Crippen LogP contribution < -0.4 is 0 Å². The van der Waals surface area contributed by atoms with E-state index in [1.807, 2.05) is 24.3 Å². The van der Waals surface area contributed by atoms with E-state index in [1.165, 1.54) is 0 Å². The smallest absolute Gasteiger partial charge is 0.121 e. The highest BCUT2D eigenvalue weighted by Gasteiger charge is 2.23. The molecule has 116 valence electrons. The fourth-order valence-electron chi connectivity index (χ4n) is 2.65. The monoisotopic (exact) mass is 337 g/mol. The molecule has 0 unspecified atom stereocenters. The van der Waals surface area contributed by atoms with Crippen molar-refractivity contribution >= 4 is 23.2 Å². The van der Waals surface area contributed by atoms with Crippen molar-refractivity contribution in [2.45, 2.75) is 12.6 Å². The van der Waals surface area contributed by atoms with Gasteiger partial charge in [-0.2, -0.15) is 0 Å². The Morgan fingerprint density at radius 3 is 2.64 bits per heavy atom. The second-order valence-electron chi connectivity index (χ2n) is 5.38. The average molecular weight is 338 g/mol. The summed E-state index contributed by atoms with van der Waals surface area (Å²) < 4.78 is 5.85. The molecule has 0 saturated carbocycles. The number of nitrogens with zero attached hydrogens (tertiary/aromatic N) is 1. The van der Waals surface area contributed by atoms with E-state index in [0.717, 1.165) is 29.2 Å². The third-order valence-corrected chi connectivity index (χ3v) is 4.47. The van der Waals surface area contributed by atoms with Gasteiger partial charge in [-0.15, -0.1) is 0 Å². The normalized spacial score (nSPS) is 19.3. The SMILES string of the molecule is Oc1cccc(Cl)c1CN1CCO[C@H](c2ccc(Cl)cc2)C1. The van der Waals surface area contributed by atoms with Crippen LogP contribution in [0.1, 0.15) is 17.2 Å². The zero-order valence-electron chi connectivity index (χ0n) is 12.0. The van der Waals surface area contributed by atoms with Crippen LogP contribution >= 0.6 is 23.2 Å². The van der Waals surface area contributed by atoms with E-state index in [0.29, 0.717) is 18.2 Å². The van der Waals surface area contributed by atoms with Crippen LogP contribution in [0.5, 0.6) is 5.75 Å². The van der Waals surface area contributed by atoms with Crippen LogP contribution in [0.15, 0.2) is 42.5 Å². The van der Waals surface area contributed by atoms with Gasteiger partial charge in [-0.05, 0) is 29.8 Å². The Morgan fingerprint density at radius 2 is 1.91 bits per heavy atom. The Bertz CT molecular complexity index is 625. The largest absolute Gasteiger partial charge is 0.508 e. The molecule has 1 atom stereocenters. The van der Waals surface area contributed by atoms with Crippen LogP contribution in [0.25, 0.3) is 0 Å². The number of morpholine rings is 1. The van der Waals surface area contributed by atoms with Gasteiger partial charge >= 0.3 is 0 Å². The lowest BCUT2D eigenvalue weighted by Crippen LogP contribution is -2.37. The predicted octanol–water partition coefficient (Wildman–Crippen LogP) is 4.27. The molecule has 1 aliphatic rings. The second-order valence-corrected chi connectivity index (χ2v) is 6.23. The van der Waals surface area contributed by atoms with Crippen LogP contribution in [0.3, 0.4) is 0 Å². The molecule has 5 heteroatoms. The molecule has 1 aliphatic heterocycles. The topological polar surface area (TPSA) is 32.7 Å². The predicted molar refractivity (Wildman–Crippen MR) is 88.5 cm³/mol. The summed E-state index contributed by atoms with van der Waals surface area (Å²) in [6.45, 7) is 2.83. The zero-order valence-corrected chi connectivity index (χ0v) is 13.5. The van der Waals surface area contributed by atoms with Crippen molar-refractivity contribution < 1.29 is 9.84 Å². The quantitative estimate of drug-likeness (QED) is 0.907. The molecule has 0 spiro atoms. The summed E-state index contributed by atoms with van der Waals surface area (Å²) in [6.07, 6.45) is 0.00986. The van der Waals surface area contributed by atoms with Gasteiger partial charge in [-0.25, -0.2) is 0 Å². The second kappa shape index (κ2) is 6.88. The van der Waals surface area contributed by atoms with E-state index >= 15 is 0 Å². The highest BCUT2D eigenvalue weighted by Crippen LogP contribution is 2.29. The van der Waals surface area contributed by atoms with Crippen LogP contribution in [-0.2, 0) is 11.3 Å². The third kappa shape index (κ3) is 3.55. The molecule has 3 nitrogen and oxygen atoms in total. The molecule has 0 radical (unpaired) electrons. The Kier molecular flexibility index (Phi) is 4.89. The maximum Gasteiger partial charge on any atom is 0.121 e. The first-order chi connectivity index (χ1) is 10.6. The number of hydrogen-bond acceptors (Lipinski definition) is 3. The first-order valence-corrected chi connectivity index (χ1v) is 7.95. The van der Waals surface area contributed by atoms with Crippen molar-refractivity contribution in [3.63, 3.8) is 0 Å². The van der Waals surface area contributed by atoms with Crippen molar-refractivity contribution in [1.82, 2.24) is 4.90 Å². The number of phenolic OH excluding ortho intramolecular Hbond substituents is 1. The minimum atomic E-state index is 0.00986. The number of ether oxygens (including phenoxy) is 1. The lowest BCUT2D eigenvalue weighted by Gasteiger charge is -2.33. The summed E-state index contributed by atoms with van der Waals surface area (Å²) in [4.78, 5) is 2.24. The van der Waals surface area contributed by atoms with E-state index in [9.17, 15) is 5.11 Å². The van der Waals surface area contributed by atoms with Crippen LogP contribution in [0, 0.1) is 0 Å². The summed E-state index contributed by atoms with van der Waals surface area (Å²) >= 11 is 12.1. The van der Waals surface area contributed by atoms with Gasteiger partial charge < -0.3 is 9.84 Å². The number of halogens is 2. The fraction of sp³-hybridized carbons (Fsp3) is 0.294. The average Bonchev–Trinajstić information content (AvgIpc) is 2.52. The Morgan fingerprint density at radius 1 is 1.14 bits per heavy atom. The molecule has 0 bridgehead atoms. The van der Waals surface area contributed by atoms with Gasteiger partial charge in [-0.3, -0.25) is 4.90 Å². The number of aromatic hydroxyl groups is 1. The molecule has 2 aromatic rings. The van der Waals surface area contributed by atoms with Crippen molar-refractivity contribution in [1.29, 1.82) is 0 Å². The number of rotatable bonds is 3. The molecule has 1 fully saturated rings. The van der Waals surface area contributed by atoms with Crippen molar-refractivity contribution in [3.8, 4) is 5.75 Å². The molecule has 0 aromatic heterocycles. The molecule has 3 rings (SSSR count). The van der Waals surface area contributed by atoms with Gasteiger partial charge in [0.25, 0.3) is 0 Å². The van der Waals surface area contributed by atoms with E-state index in [1.54, 1.807) is 18.2 Å². The minimum absolute atomic E-state index is 0.00986. The first-order valence-electron chi connectivity index (χ1n) is 7.19. The molecule has 0 amide bonds. The lowest BCUT2D eigenvalue weighted by molar-refractivity contribution is -0.0330. The fourth-order valence-corrected chi connectivity index (χ4v) is 3.01. The summed E-state index contributed by atoms with van der Waals surface area (Å²) in [5.74, 6) is 0.238. The van der Waals surface area contributed by atoms with Gasteiger partial charge in [0, 0.05) is 35.2 Å². The van der Waals surface area contributed by atoms with Crippen LogP contribution in [0.4, 0.5) is 0 Å². The maximum absolute atomic E-state index is 9.98. The third-order valence-electron chi connectivity index (χ3n) is 3.87. The van der Waals surface area contributed by atoms with E-state index in [2.05, 4.69) is 4.90 Å². The summed E-state index contributed by atoms with van der Waals surface area (Å²) in [5.41, 5.74) is 1.87. The lowest BCUT2D eigenvalue weighted by atomic mass is 10.1. The van der Waals surface area contributed by atoms with Crippen molar-refractivity contribution in [2.75, 3.05) is 19.7 Å². The molecule has 1 heterocycles. The number of benzene rings is 2. The van der Waals surface area contributed by atoms with E-state index in [4.69, 9.17) is 27.9 Å².